The number of fused-ring (bicyclic) bond motifs is 1. The molecule has 2 heterocycles. The molecule has 4 nitrogen and oxygen atoms in total. The Morgan fingerprint density at radius 2 is 2.22 bits per heavy atom. The summed E-state index contributed by atoms with van der Waals surface area (Å²) < 4.78 is 11.4. The fourth-order valence-corrected chi connectivity index (χ4v) is 2.14. The third kappa shape index (κ3) is 1.71. The molecule has 18 heavy (non-hydrogen) atoms. The Labute approximate surface area is 106 Å². The lowest BCUT2D eigenvalue weighted by Gasteiger charge is -2.15. The molecule has 5 heteroatoms. The molecule has 0 aliphatic carbocycles. The van der Waals surface area contributed by atoms with Crippen LogP contribution in [0.4, 0.5) is 5.69 Å². The van der Waals surface area contributed by atoms with Gasteiger partial charge in [-0.3, -0.25) is 4.79 Å². The van der Waals surface area contributed by atoms with Crippen LogP contribution in [-0.4, -0.2) is 18.6 Å². The first-order valence-electron chi connectivity index (χ1n) is 5.92. The van der Waals surface area contributed by atoms with Crippen LogP contribution in [0.25, 0.3) is 0 Å². The van der Waals surface area contributed by atoms with Gasteiger partial charge >= 0.3 is 7.12 Å². The normalized spacial score (nSPS) is 20.7. The second-order valence-electron chi connectivity index (χ2n) is 5.14. The number of carbonyl (C=O) groups excluding carboxylic acids is 1. The molecule has 0 bridgehead atoms. The maximum absolute atomic E-state index is 11.3. The van der Waals surface area contributed by atoms with Crippen LogP contribution < -0.4 is 10.8 Å². The predicted octanol–water partition coefficient (Wildman–Crippen LogP) is 1.22. The number of benzene rings is 1. The van der Waals surface area contributed by atoms with Gasteiger partial charge in [0, 0.05) is 5.69 Å². The Morgan fingerprint density at radius 3 is 2.89 bits per heavy atom. The van der Waals surface area contributed by atoms with Gasteiger partial charge in [-0.05, 0) is 30.9 Å². The Kier molecular flexibility index (Phi) is 2.28. The van der Waals surface area contributed by atoms with Gasteiger partial charge in [0.25, 0.3) is 0 Å². The van der Waals surface area contributed by atoms with Crippen LogP contribution in [0.3, 0.4) is 0 Å². The van der Waals surface area contributed by atoms with E-state index in [1.54, 1.807) is 0 Å². The van der Waals surface area contributed by atoms with Gasteiger partial charge in [0.1, 0.15) is 5.60 Å². The van der Waals surface area contributed by atoms with E-state index in [0.29, 0.717) is 12.2 Å². The second kappa shape index (κ2) is 3.62. The van der Waals surface area contributed by atoms with E-state index in [9.17, 15) is 4.79 Å². The van der Waals surface area contributed by atoms with Gasteiger partial charge < -0.3 is 14.6 Å². The van der Waals surface area contributed by atoms with Crippen LogP contribution in [0.2, 0.25) is 0 Å². The number of rotatable bonds is 1. The van der Waals surface area contributed by atoms with Gasteiger partial charge in [-0.1, -0.05) is 18.7 Å². The molecule has 0 unspecified atom stereocenters. The second-order valence-corrected chi connectivity index (χ2v) is 5.14. The van der Waals surface area contributed by atoms with E-state index >= 15 is 0 Å². The smallest absolute Gasteiger partial charge is 0.534 e. The van der Waals surface area contributed by atoms with Gasteiger partial charge in [0.2, 0.25) is 5.91 Å². The topological polar surface area (TPSA) is 47.6 Å². The SMILES string of the molecule is C=C1OB(c2ccc3c(c2)NC(=O)C3)OC1(C)C. The summed E-state index contributed by atoms with van der Waals surface area (Å²) in [4.78, 5) is 11.3. The van der Waals surface area contributed by atoms with E-state index in [4.69, 9.17) is 9.31 Å². The van der Waals surface area contributed by atoms with E-state index in [1.165, 1.54) is 0 Å². The van der Waals surface area contributed by atoms with E-state index in [1.807, 2.05) is 32.0 Å². The summed E-state index contributed by atoms with van der Waals surface area (Å²) in [7, 11) is -0.449. The largest absolute Gasteiger partial charge is 0.563 e. The summed E-state index contributed by atoms with van der Waals surface area (Å²) in [5, 5.41) is 2.82. The molecular formula is C13H14BNO3. The number of anilines is 1. The number of nitrogens with one attached hydrogen (secondary N) is 1. The van der Waals surface area contributed by atoms with Crippen LogP contribution in [0.5, 0.6) is 0 Å². The van der Waals surface area contributed by atoms with Crippen LogP contribution in [0, 0.1) is 0 Å². The summed E-state index contributed by atoms with van der Waals surface area (Å²) >= 11 is 0. The zero-order valence-electron chi connectivity index (χ0n) is 10.4. The molecule has 0 radical (unpaired) electrons. The lowest BCUT2D eigenvalue weighted by Crippen LogP contribution is -2.34. The zero-order chi connectivity index (χ0) is 12.9. The van der Waals surface area contributed by atoms with Crippen molar-refractivity contribution in [2.45, 2.75) is 25.9 Å². The van der Waals surface area contributed by atoms with Gasteiger partial charge in [0.15, 0.2) is 0 Å². The van der Waals surface area contributed by atoms with Gasteiger partial charge in [0.05, 0.1) is 12.2 Å². The molecule has 3 rings (SSSR count). The van der Waals surface area contributed by atoms with Gasteiger partial charge in [-0.15, -0.1) is 0 Å². The molecular weight excluding hydrogens is 229 g/mol. The first kappa shape index (κ1) is 11.4. The number of amides is 1. The molecule has 1 aromatic rings. The fraction of sp³-hybridized carbons (Fsp3) is 0.308. The molecule has 1 saturated heterocycles. The van der Waals surface area contributed by atoms with Crippen molar-refractivity contribution in [1.29, 1.82) is 0 Å². The van der Waals surface area contributed by atoms with Crippen molar-refractivity contribution < 1.29 is 14.1 Å². The molecule has 2 aliphatic rings. The van der Waals surface area contributed by atoms with Crippen LogP contribution >= 0.6 is 0 Å². The first-order chi connectivity index (χ1) is 8.45. The number of carbonyl (C=O) groups is 1. The minimum Gasteiger partial charge on any atom is -0.534 e. The first-order valence-corrected chi connectivity index (χ1v) is 5.92. The highest BCUT2D eigenvalue weighted by molar-refractivity contribution is 6.62. The van der Waals surface area contributed by atoms with Gasteiger partial charge in [-0.2, -0.15) is 0 Å². The highest BCUT2D eigenvalue weighted by atomic mass is 16.7. The minimum absolute atomic E-state index is 0.0279. The van der Waals surface area contributed by atoms with Crippen molar-refractivity contribution in [2.75, 3.05) is 5.32 Å². The highest BCUT2D eigenvalue weighted by Gasteiger charge is 2.43. The summed E-state index contributed by atoms with van der Waals surface area (Å²) in [5.41, 5.74) is 2.27. The van der Waals surface area contributed by atoms with Crippen LogP contribution in [0.1, 0.15) is 19.4 Å². The molecule has 0 aromatic heterocycles. The van der Waals surface area contributed by atoms with E-state index < -0.39 is 12.7 Å². The molecule has 1 aromatic carbocycles. The maximum atomic E-state index is 11.3. The molecule has 0 spiro atoms. The molecule has 2 aliphatic heterocycles. The average molecular weight is 243 g/mol. The third-order valence-corrected chi connectivity index (χ3v) is 3.35. The van der Waals surface area contributed by atoms with Crippen LogP contribution in [0.15, 0.2) is 30.5 Å². The lowest BCUT2D eigenvalue weighted by molar-refractivity contribution is -0.115. The Hall–Kier alpha value is -1.75. The van der Waals surface area contributed by atoms with E-state index in [-0.39, 0.29) is 5.91 Å². The summed E-state index contributed by atoms with van der Waals surface area (Å²) in [6.45, 7) is 7.69. The Bertz CT molecular complexity index is 553. The van der Waals surface area contributed by atoms with Crippen molar-refractivity contribution in [1.82, 2.24) is 0 Å². The monoisotopic (exact) mass is 243 g/mol. The Balaban J connectivity index is 1.89. The molecule has 0 saturated carbocycles. The van der Waals surface area contributed by atoms with Crippen LogP contribution in [-0.2, 0) is 20.5 Å². The van der Waals surface area contributed by atoms with E-state index in [2.05, 4.69) is 11.9 Å². The zero-order valence-corrected chi connectivity index (χ0v) is 10.4. The molecule has 1 N–H and O–H groups in total. The van der Waals surface area contributed by atoms with Crippen molar-refractivity contribution in [2.24, 2.45) is 0 Å². The summed E-state index contributed by atoms with van der Waals surface area (Å²) in [6, 6.07) is 5.77. The predicted molar refractivity (Wildman–Crippen MR) is 69.6 cm³/mol. The summed E-state index contributed by atoms with van der Waals surface area (Å²) in [6.07, 6.45) is 0.445. The molecule has 0 atom stereocenters. The molecule has 1 amide bonds. The van der Waals surface area contributed by atoms with Crippen molar-refractivity contribution in [3.8, 4) is 0 Å². The quantitative estimate of drug-likeness (QED) is 0.754. The fourth-order valence-electron chi connectivity index (χ4n) is 2.14. The Morgan fingerprint density at radius 1 is 1.44 bits per heavy atom. The van der Waals surface area contributed by atoms with Crippen molar-refractivity contribution in [3.05, 3.63) is 36.1 Å². The molecule has 1 fully saturated rings. The van der Waals surface area contributed by atoms with Crippen molar-refractivity contribution >= 4 is 24.2 Å². The van der Waals surface area contributed by atoms with E-state index in [0.717, 1.165) is 16.7 Å². The maximum Gasteiger partial charge on any atom is 0.563 e. The number of hydrogen-bond acceptors (Lipinski definition) is 3. The van der Waals surface area contributed by atoms with Gasteiger partial charge in [-0.25, -0.2) is 0 Å². The van der Waals surface area contributed by atoms with Crippen molar-refractivity contribution in [3.63, 3.8) is 0 Å². The highest BCUT2D eigenvalue weighted by Crippen LogP contribution is 2.30. The number of hydrogen-bond donors (Lipinski definition) is 1. The third-order valence-electron chi connectivity index (χ3n) is 3.35. The molecule has 92 valence electrons. The average Bonchev–Trinajstić information content (AvgIpc) is 2.77. The summed E-state index contributed by atoms with van der Waals surface area (Å²) in [5.74, 6) is 0.650. The minimum atomic E-state index is -0.479. The standard InChI is InChI=1S/C13H14BNO3/c1-8-13(2,3)18-14(17-8)10-5-4-9-6-12(16)15-11(9)7-10/h4-5,7H,1,6H2,2-3H3,(H,15,16). The lowest BCUT2D eigenvalue weighted by atomic mass is 9.78.